The number of nitrogens with one attached hydrogen (secondary N) is 1. The van der Waals surface area contributed by atoms with Crippen LogP contribution in [0.1, 0.15) is 19.4 Å². The van der Waals surface area contributed by atoms with Gasteiger partial charge in [-0.25, -0.2) is 0 Å². The summed E-state index contributed by atoms with van der Waals surface area (Å²) in [7, 11) is 1.44. The van der Waals surface area contributed by atoms with Gasteiger partial charge in [0, 0.05) is 12.4 Å². The lowest BCUT2D eigenvalue weighted by Gasteiger charge is -2.17. The number of ether oxygens (including phenoxy) is 1. The molecule has 0 amide bonds. The molecular formula is C11H17NO2. The molecule has 1 atom stereocenters. The Bertz CT molecular complexity index is 277. The van der Waals surface area contributed by atoms with E-state index in [0.29, 0.717) is 5.92 Å². The van der Waals surface area contributed by atoms with Crippen LogP contribution in [0.5, 0.6) is 0 Å². The van der Waals surface area contributed by atoms with Crippen molar-refractivity contribution in [3.8, 4) is 0 Å². The molecule has 0 aliphatic rings. The first-order valence-corrected chi connectivity index (χ1v) is 4.84. The number of H-pyrrole nitrogens is 1. The zero-order chi connectivity index (χ0) is 10.6. The van der Waals surface area contributed by atoms with E-state index in [4.69, 9.17) is 4.74 Å². The number of aromatic amines is 1. The summed E-state index contributed by atoms with van der Waals surface area (Å²) in [4.78, 5) is 14.4. The van der Waals surface area contributed by atoms with Gasteiger partial charge in [-0.3, -0.25) is 4.79 Å². The smallest absolute Gasteiger partial charge is 0.309 e. The van der Waals surface area contributed by atoms with Crippen LogP contribution in [0.25, 0.3) is 0 Å². The van der Waals surface area contributed by atoms with E-state index in [1.54, 1.807) is 0 Å². The van der Waals surface area contributed by atoms with Gasteiger partial charge in [0.05, 0.1) is 13.0 Å². The summed E-state index contributed by atoms with van der Waals surface area (Å²) in [6.45, 7) is 4.07. The summed E-state index contributed by atoms with van der Waals surface area (Å²) in [5, 5.41) is 0. The molecule has 0 spiro atoms. The molecule has 0 bridgehead atoms. The normalized spacial score (nSPS) is 12.9. The molecule has 1 rings (SSSR count). The van der Waals surface area contributed by atoms with E-state index in [0.717, 1.165) is 12.0 Å². The molecule has 0 saturated heterocycles. The van der Waals surface area contributed by atoms with Gasteiger partial charge >= 0.3 is 5.97 Å². The molecule has 0 saturated carbocycles. The zero-order valence-electron chi connectivity index (χ0n) is 8.91. The van der Waals surface area contributed by atoms with Crippen LogP contribution in [-0.4, -0.2) is 18.1 Å². The molecule has 78 valence electrons. The van der Waals surface area contributed by atoms with Crippen LogP contribution in [0, 0.1) is 11.8 Å². The first-order chi connectivity index (χ1) is 6.65. The minimum atomic E-state index is -0.124. The number of methoxy groups -OCH3 is 1. The number of aromatic nitrogens is 1. The van der Waals surface area contributed by atoms with Gasteiger partial charge in [0.1, 0.15) is 0 Å². The Kier molecular flexibility index (Phi) is 3.74. The number of hydrogen-bond donors (Lipinski definition) is 1. The van der Waals surface area contributed by atoms with Crippen LogP contribution in [0.4, 0.5) is 0 Å². The summed E-state index contributed by atoms with van der Waals surface area (Å²) in [5.74, 6) is 0.134. The van der Waals surface area contributed by atoms with E-state index in [9.17, 15) is 4.79 Å². The van der Waals surface area contributed by atoms with E-state index in [-0.39, 0.29) is 11.9 Å². The predicted octanol–water partition coefficient (Wildman–Crippen LogP) is 2.00. The van der Waals surface area contributed by atoms with E-state index in [1.807, 2.05) is 32.3 Å². The Morgan fingerprint density at radius 1 is 1.57 bits per heavy atom. The molecule has 0 aliphatic heterocycles. The summed E-state index contributed by atoms with van der Waals surface area (Å²) >= 11 is 0. The van der Waals surface area contributed by atoms with Crippen molar-refractivity contribution >= 4 is 5.97 Å². The van der Waals surface area contributed by atoms with Gasteiger partial charge in [-0.1, -0.05) is 13.8 Å². The van der Waals surface area contributed by atoms with Gasteiger partial charge in [-0.2, -0.15) is 0 Å². The molecule has 0 fully saturated rings. The lowest BCUT2D eigenvalue weighted by molar-refractivity contribution is -0.146. The lowest BCUT2D eigenvalue weighted by Crippen LogP contribution is -2.23. The summed E-state index contributed by atoms with van der Waals surface area (Å²) in [6.07, 6.45) is 4.52. The minimum absolute atomic E-state index is 0.0456. The predicted molar refractivity (Wildman–Crippen MR) is 54.8 cm³/mol. The maximum absolute atomic E-state index is 11.4. The molecule has 1 heterocycles. The topological polar surface area (TPSA) is 42.1 Å². The largest absolute Gasteiger partial charge is 0.469 e. The molecule has 0 aromatic carbocycles. The first kappa shape index (κ1) is 10.8. The highest BCUT2D eigenvalue weighted by Crippen LogP contribution is 2.18. The molecule has 1 aromatic rings. The Morgan fingerprint density at radius 2 is 2.29 bits per heavy atom. The van der Waals surface area contributed by atoms with Crippen LogP contribution in [0.3, 0.4) is 0 Å². The fraction of sp³-hybridized carbons (Fsp3) is 0.545. The third kappa shape index (κ3) is 2.62. The molecule has 3 heteroatoms. The third-order valence-electron chi connectivity index (χ3n) is 2.43. The average Bonchev–Trinajstić information content (AvgIpc) is 2.65. The van der Waals surface area contributed by atoms with E-state index in [2.05, 4.69) is 4.98 Å². The van der Waals surface area contributed by atoms with Crippen LogP contribution in [0.15, 0.2) is 18.5 Å². The number of carbonyl (C=O) groups is 1. The monoisotopic (exact) mass is 195 g/mol. The maximum Gasteiger partial charge on any atom is 0.309 e. The van der Waals surface area contributed by atoms with Gasteiger partial charge in [-0.15, -0.1) is 0 Å². The van der Waals surface area contributed by atoms with Crippen molar-refractivity contribution in [2.75, 3.05) is 7.11 Å². The van der Waals surface area contributed by atoms with Crippen molar-refractivity contribution in [1.82, 2.24) is 4.98 Å². The molecule has 0 aliphatic carbocycles. The molecule has 1 aromatic heterocycles. The quantitative estimate of drug-likeness (QED) is 0.747. The number of hydrogen-bond acceptors (Lipinski definition) is 2. The summed E-state index contributed by atoms with van der Waals surface area (Å²) < 4.78 is 4.77. The average molecular weight is 195 g/mol. The summed E-state index contributed by atoms with van der Waals surface area (Å²) in [5.41, 5.74) is 1.15. The second-order valence-electron chi connectivity index (χ2n) is 3.80. The van der Waals surface area contributed by atoms with Gasteiger partial charge in [0.25, 0.3) is 0 Å². The van der Waals surface area contributed by atoms with Crippen molar-refractivity contribution in [3.05, 3.63) is 24.0 Å². The highest BCUT2D eigenvalue weighted by atomic mass is 16.5. The second-order valence-corrected chi connectivity index (χ2v) is 3.80. The van der Waals surface area contributed by atoms with Crippen molar-refractivity contribution in [1.29, 1.82) is 0 Å². The summed E-state index contributed by atoms with van der Waals surface area (Å²) in [6, 6.07) is 1.98. The number of esters is 1. The van der Waals surface area contributed by atoms with Gasteiger partial charge in [0.2, 0.25) is 0 Å². The Labute approximate surface area is 84.5 Å². The standard InChI is InChI=1S/C11H17NO2/c1-8(2)10(11(13)14-3)6-9-4-5-12-7-9/h4-5,7-8,10,12H,6H2,1-3H3. The third-order valence-corrected chi connectivity index (χ3v) is 2.43. The molecular weight excluding hydrogens is 178 g/mol. The van der Waals surface area contributed by atoms with Crippen molar-refractivity contribution < 1.29 is 9.53 Å². The molecule has 1 unspecified atom stereocenters. The fourth-order valence-corrected chi connectivity index (χ4v) is 1.48. The van der Waals surface area contributed by atoms with Crippen molar-refractivity contribution in [2.24, 2.45) is 11.8 Å². The second kappa shape index (κ2) is 4.84. The molecule has 1 N–H and O–H groups in total. The maximum atomic E-state index is 11.4. The van der Waals surface area contributed by atoms with Crippen molar-refractivity contribution in [2.45, 2.75) is 20.3 Å². The van der Waals surface area contributed by atoms with Gasteiger partial charge < -0.3 is 9.72 Å². The fourth-order valence-electron chi connectivity index (χ4n) is 1.48. The van der Waals surface area contributed by atoms with Crippen LogP contribution in [0.2, 0.25) is 0 Å². The van der Waals surface area contributed by atoms with E-state index < -0.39 is 0 Å². The molecule has 14 heavy (non-hydrogen) atoms. The van der Waals surface area contributed by atoms with Crippen LogP contribution < -0.4 is 0 Å². The lowest BCUT2D eigenvalue weighted by atomic mass is 9.90. The van der Waals surface area contributed by atoms with Gasteiger partial charge in [0.15, 0.2) is 0 Å². The molecule has 3 nitrogen and oxygen atoms in total. The highest BCUT2D eigenvalue weighted by molar-refractivity contribution is 5.72. The minimum Gasteiger partial charge on any atom is -0.469 e. The van der Waals surface area contributed by atoms with E-state index in [1.165, 1.54) is 7.11 Å². The number of carbonyl (C=O) groups excluding carboxylic acids is 1. The molecule has 0 radical (unpaired) electrons. The zero-order valence-corrected chi connectivity index (χ0v) is 8.91. The Morgan fingerprint density at radius 3 is 2.71 bits per heavy atom. The number of rotatable bonds is 4. The van der Waals surface area contributed by atoms with Crippen LogP contribution >= 0.6 is 0 Å². The van der Waals surface area contributed by atoms with Crippen LogP contribution in [-0.2, 0) is 16.0 Å². The van der Waals surface area contributed by atoms with Crippen molar-refractivity contribution in [3.63, 3.8) is 0 Å². The SMILES string of the molecule is COC(=O)C(Cc1cc[nH]c1)C(C)C. The Hall–Kier alpha value is -1.25. The Balaban J connectivity index is 2.65. The first-order valence-electron chi connectivity index (χ1n) is 4.84. The van der Waals surface area contributed by atoms with E-state index >= 15 is 0 Å². The highest BCUT2D eigenvalue weighted by Gasteiger charge is 2.23. The van der Waals surface area contributed by atoms with Gasteiger partial charge in [-0.05, 0) is 24.0 Å².